The van der Waals surface area contributed by atoms with Crippen LogP contribution in [0.4, 0.5) is 15.0 Å². The van der Waals surface area contributed by atoms with E-state index in [2.05, 4.69) is 25.1 Å². The maximum absolute atomic E-state index is 14.4. The lowest BCUT2D eigenvalue weighted by molar-refractivity contribution is 0.0582. The minimum absolute atomic E-state index is 0.00341. The molecule has 2 spiro atoms. The first-order valence-electron chi connectivity index (χ1n) is 17.3. The third-order valence-electron chi connectivity index (χ3n) is 10.8. The van der Waals surface area contributed by atoms with Crippen molar-refractivity contribution < 1.29 is 23.8 Å². The van der Waals surface area contributed by atoms with Crippen LogP contribution in [0.15, 0.2) is 30.7 Å². The van der Waals surface area contributed by atoms with Crippen molar-refractivity contribution in [1.29, 1.82) is 0 Å². The Morgan fingerprint density at radius 1 is 1.09 bits per heavy atom. The molecule has 4 aliphatic rings. The number of benzene rings is 1. The monoisotopic (exact) mass is 651 g/mol. The molecule has 3 saturated heterocycles. The van der Waals surface area contributed by atoms with Gasteiger partial charge in [0.05, 0.1) is 23.9 Å². The Labute approximate surface area is 277 Å². The van der Waals surface area contributed by atoms with E-state index in [1.54, 1.807) is 16.0 Å². The highest BCUT2D eigenvalue weighted by molar-refractivity contribution is 5.97. The third kappa shape index (κ3) is 7.04. The first-order valence-corrected chi connectivity index (χ1v) is 17.3. The van der Waals surface area contributed by atoms with Crippen molar-refractivity contribution in [3.8, 4) is 11.5 Å². The molecule has 6 rings (SSSR count). The number of aliphatic hydroxyl groups is 1. The molecule has 11 nitrogen and oxygen atoms in total. The van der Waals surface area contributed by atoms with E-state index < -0.39 is 5.82 Å². The standard InChI is InChI=1S/C35H50FN7O4/c1-24(2)43(25(3)4)32(45)28-17-27(36)5-6-29(28)47-30-18-37-23-38-31(30)42-20-34(21-42)11-13-40(14-12-34)19-26-7-9-35(10-8-26)22-41(15-16-44)33(46)39-35/h5-6,17-18,23-26,44H,7-16,19-22H2,1-4H3,(H,39,46). The fourth-order valence-corrected chi connectivity index (χ4v) is 8.29. The molecule has 3 amide bonds. The van der Waals surface area contributed by atoms with Crippen LogP contribution in [0, 0.1) is 17.2 Å². The second-order valence-electron chi connectivity index (χ2n) is 14.8. The number of hydrogen-bond donors (Lipinski definition) is 2. The molecular formula is C35H50FN7O4. The molecular weight excluding hydrogens is 601 g/mol. The third-order valence-corrected chi connectivity index (χ3v) is 10.8. The quantitative estimate of drug-likeness (QED) is 0.386. The van der Waals surface area contributed by atoms with E-state index in [0.717, 1.165) is 71.2 Å². The average molecular weight is 652 g/mol. The van der Waals surface area contributed by atoms with Crippen molar-refractivity contribution in [2.75, 3.05) is 57.3 Å². The van der Waals surface area contributed by atoms with Crippen LogP contribution in [0.2, 0.25) is 0 Å². The van der Waals surface area contributed by atoms with Gasteiger partial charge in [-0.2, -0.15) is 0 Å². The van der Waals surface area contributed by atoms with Crippen molar-refractivity contribution in [3.05, 3.63) is 42.1 Å². The van der Waals surface area contributed by atoms with Crippen LogP contribution in [-0.2, 0) is 0 Å². The second-order valence-corrected chi connectivity index (χ2v) is 14.8. The maximum atomic E-state index is 14.4. The van der Waals surface area contributed by atoms with Gasteiger partial charge in [0.25, 0.3) is 5.91 Å². The van der Waals surface area contributed by atoms with Crippen LogP contribution < -0.4 is 15.0 Å². The van der Waals surface area contributed by atoms with E-state index in [9.17, 15) is 19.1 Å². The molecule has 2 aromatic rings. The summed E-state index contributed by atoms with van der Waals surface area (Å²) in [6.45, 7) is 13.9. The molecule has 3 aliphatic heterocycles. The lowest BCUT2D eigenvalue weighted by Gasteiger charge is -2.55. The van der Waals surface area contributed by atoms with Gasteiger partial charge in [-0.1, -0.05) is 0 Å². The number of rotatable bonds is 10. The molecule has 0 unspecified atom stereocenters. The zero-order chi connectivity index (χ0) is 33.3. The fraction of sp³-hybridized carbons (Fsp3) is 0.657. The van der Waals surface area contributed by atoms with Gasteiger partial charge in [0.2, 0.25) is 0 Å². The minimum Gasteiger partial charge on any atom is -0.451 e. The highest BCUT2D eigenvalue weighted by atomic mass is 19.1. The maximum Gasteiger partial charge on any atom is 0.318 e. The minimum atomic E-state index is -0.492. The highest BCUT2D eigenvalue weighted by Crippen LogP contribution is 2.45. The summed E-state index contributed by atoms with van der Waals surface area (Å²) in [5, 5.41) is 12.5. The largest absolute Gasteiger partial charge is 0.451 e. The molecule has 0 radical (unpaired) electrons. The number of amides is 3. The molecule has 1 aromatic carbocycles. The summed E-state index contributed by atoms with van der Waals surface area (Å²) in [6.07, 6.45) is 9.63. The number of aromatic nitrogens is 2. The Morgan fingerprint density at radius 3 is 2.45 bits per heavy atom. The van der Waals surface area contributed by atoms with Crippen molar-refractivity contribution in [3.63, 3.8) is 0 Å². The van der Waals surface area contributed by atoms with Gasteiger partial charge in [-0.05, 0) is 103 Å². The number of halogens is 1. The van der Waals surface area contributed by atoms with Crippen LogP contribution in [0.25, 0.3) is 0 Å². The van der Waals surface area contributed by atoms with Crippen LogP contribution in [0.3, 0.4) is 0 Å². The molecule has 1 aliphatic carbocycles. The van der Waals surface area contributed by atoms with Crippen LogP contribution in [0.5, 0.6) is 11.5 Å². The van der Waals surface area contributed by atoms with Crippen molar-refractivity contribution in [1.82, 2.24) is 30.0 Å². The highest BCUT2D eigenvalue weighted by Gasteiger charge is 2.47. The Bertz CT molecular complexity index is 1420. The van der Waals surface area contributed by atoms with Crippen LogP contribution in [-0.4, -0.2) is 112 Å². The SMILES string of the molecule is CC(C)N(C(=O)c1cc(F)ccc1Oc1cncnc1N1CC2(CCN(CC3CCC4(CC3)CN(CCO)C(=O)N4)CC2)C1)C(C)C. The summed E-state index contributed by atoms with van der Waals surface area (Å²) >= 11 is 0. The van der Waals surface area contributed by atoms with Gasteiger partial charge in [-0.15, -0.1) is 0 Å². The average Bonchev–Trinajstić information content (AvgIpc) is 3.32. The number of hydrogen-bond acceptors (Lipinski definition) is 8. The number of likely N-dealkylation sites (tertiary alicyclic amines) is 1. The van der Waals surface area contributed by atoms with Gasteiger partial charge in [-0.25, -0.2) is 19.2 Å². The summed E-state index contributed by atoms with van der Waals surface area (Å²) in [4.78, 5) is 42.9. The van der Waals surface area contributed by atoms with Crippen LogP contribution in [0.1, 0.15) is 76.6 Å². The Kier molecular flexibility index (Phi) is 9.62. The number of carbonyl (C=O) groups excluding carboxylic acids is 2. The molecule has 1 aromatic heterocycles. The van der Waals surface area contributed by atoms with Crippen molar-refractivity contribution in [2.45, 2.75) is 83.8 Å². The number of nitrogens with zero attached hydrogens (tertiary/aromatic N) is 6. The number of urea groups is 1. The van der Waals surface area contributed by atoms with Gasteiger partial charge < -0.3 is 34.8 Å². The predicted molar refractivity (Wildman–Crippen MR) is 177 cm³/mol. The van der Waals surface area contributed by atoms with Gasteiger partial charge in [-0.3, -0.25) is 4.79 Å². The molecule has 0 bridgehead atoms. The van der Waals surface area contributed by atoms with E-state index in [0.29, 0.717) is 30.6 Å². The second kappa shape index (κ2) is 13.5. The number of piperidine rings is 1. The van der Waals surface area contributed by atoms with Crippen LogP contribution >= 0.6 is 0 Å². The predicted octanol–water partition coefficient (Wildman–Crippen LogP) is 4.52. The smallest absolute Gasteiger partial charge is 0.318 e. The number of aliphatic hydroxyl groups excluding tert-OH is 1. The summed E-state index contributed by atoms with van der Waals surface area (Å²) in [6, 6.07) is 3.91. The number of β-amino-alcohol motifs (C(OH)–C–C–N with tert-alkyl or cyclic N) is 1. The summed E-state index contributed by atoms with van der Waals surface area (Å²) in [7, 11) is 0. The lowest BCUT2D eigenvalue weighted by atomic mass is 9.71. The van der Waals surface area contributed by atoms with E-state index in [4.69, 9.17) is 4.74 Å². The summed E-state index contributed by atoms with van der Waals surface area (Å²) in [5.41, 5.74) is 0.301. The summed E-state index contributed by atoms with van der Waals surface area (Å²) < 4.78 is 20.7. The van der Waals surface area contributed by atoms with E-state index >= 15 is 0 Å². The number of nitrogens with one attached hydrogen (secondary N) is 1. The molecule has 2 N–H and O–H groups in total. The van der Waals surface area contributed by atoms with Gasteiger partial charge in [0.1, 0.15) is 17.9 Å². The molecule has 4 heterocycles. The van der Waals surface area contributed by atoms with Gasteiger partial charge in [0.15, 0.2) is 11.6 Å². The molecule has 12 heteroatoms. The van der Waals surface area contributed by atoms with E-state index in [1.165, 1.54) is 24.5 Å². The molecule has 4 fully saturated rings. The summed E-state index contributed by atoms with van der Waals surface area (Å²) in [5.74, 6) is 1.30. The number of anilines is 1. The zero-order valence-electron chi connectivity index (χ0n) is 28.3. The Balaban J connectivity index is 1.03. The Hall–Kier alpha value is -3.51. The first kappa shape index (κ1) is 33.4. The first-order chi connectivity index (χ1) is 22.5. The van der Waals surface area contributed by atoms with Gasteiger partial charge >= 0.3 is 6.03 Å². The molecule has 47 heavy (non-hydrogen) atoms. The topological polar surface area (TPSA) is 114 Å². The number of ether oxygens (including phenoxy) is 1. The molecule has 256 valence electrons. The normalized spacial score (nSPS) is 24.3. The lowest BCUT2D eigenvalue weighted by Crippen LogP contribution is -2.61. The van der Waals surface area contributed by atoms with Crippen molar-refractivity contribution >= 4 is 17.8 Å². The fourth-order valence-electron chi connectivity index (χ4n) is 8.29. The van der Waals surface area contributed by atoms with Crippen molar-refractivity contribution in [2.24, 2.45) is 11.3 Å². The van der Waals surface area contributed by atoms with Gasteiger partial charge in [0, 0.05) is 50.2 Å². The van der Waals surface area contributed by atoms with E-state index in [-0.39, 0.29) is 52.9 Å². The number of carbonyl (C=O) groups is 2. The molecule has 1 saturated carbocycles. The zero-order valence-corrected chi connectivity index (χ0v) is 28.3. The molecule has 0 atom stereocenters. The van der Waals surface area contributed by atoms with E-state index in [1.807, 2.05) is 27.7 Å². The Morgan fingerprint density at radius 2 is 1.79 bits per heavy atom.